The molecule has 0 bridgehead atoms. The summed E-state index contributed by atoms with van der Waals surface area (Å²) >= 11 is 0. The molecule has 0 unspecified atom stereocenters. The van der Waals surface area contributed by atoms with E-state index in [0.717, 1.165) is 17.5 Å². The second-order valence-electron chi connectivity index (χ2n) is 7.76. The summed E-state index contributed by atoms with van der Waals surface area (Å²) < 4.78 is 13.5. The minimum absolute atomic E-state index is 0.0414. The zero-order chi connectivity index (χ0) is 20.5. The van der Waals surface area contributed by atoms with Crippen LogP contribution in [-0.2, 0) is 6.42 Å². The predicted octanol–water partition coefficient (Wildman–Crippen LogP) is 3.62. The summed E-state index contributed by atoms with van der Waals surface area (Å²) in [4.78, 5) is 27.2. The van der Waals surface area contributed by atoms with Crippen LogP contribution >= 0.6 is 0 Å². The van der Waals surface area contributed by atoms with E-state index in [-0.39, 0.29) is 30.0 Å². The lowest BCUT2D eigenvalue weighted by molar-refractivity contribution is 0.0959. The van der Waals surface area contributed by atoms with Crippen molar-refractivity contribution in [3.8, 4) is 0 Å². The van der Waals surface area contributed by atoms with Crippen molar-refractivity contribution >= 4 is 12.1 Å². The molecule has 1 saturated carbocycles. The van der Waals surface area contributed by atoms with E-state index >= 15 is 0 Å². The molecular weight excluding hydrogens is 373 g/mol. The molecule has 1 aliphatic carbocycles. The van der Waals surface area contributed by atoms with Crippen LogP contribution in [0.2, 0.25) is 0 Å². The molecule has 0 saturated heterocycles. The van der Waals surface area contributed by atoms with Crippen LogP contribution in [-0.4, -0.2) is 52.7 Å². The molecule has 6 nitrogen and oxygen atoms in total. The molecule has 2 aliphatic rings. The lowest BCUT2D eigenvalue weighted by atomic mass is 9.85. The molecule has 1 atom stereocenters. The van der Waals surface area contributed by atoms with Gasteiger partial charge in [-0.05, 0) is 48.1 Å². The van der Waals surface area contributed by atoms with Crippen LogP contribution < -0.4 is 5.32 Å². The van der Waals surface area contributed by atoms with Gasteiger partial charge in [0.15, 0.2) is 0 Å². The maximum Gasteiger partial charge on any atom is 0.407 e. The molecular formula is C22H24FN3O3. The van der Waals surface area contributed by atoms with Gasteiger partial charge in [0.25, 0.3) is 0 Å². The van der Waals surface area contributed by atoms with Gasteiger partial charge in [-0.15, -0.1) is 0 Å². The molecule has 0 radical (unpaired) electrons. The Balaban J connectivity index is 1.52. The van der Waals surface area contributed by atoms with Gasteiger partial charge in [-0.1, -0.05) is 36.4 Å². The average Bonchev–Trinajstić information content (AvgIpc) is 2.69. The number of amides is 3. The Morgan fingerprint density at radius 1 is 1.14 bits per heavy atom. The van der Waals surface area contributed by atoms with Crippen molar-refractivity contribution in [1.82, 2.24) is 15.1 Å². The molecule has 2 aromatic carbocycles. The Hall–Kier alpha value is -3.09. The topological polar surface area (TPSA) is 72.9 Å². The third kappa shape index (κ3) is 3.77. The number of rotatable bonds is 3. The molecule has 1 fully saturated rings. The summed E-state index contributed by atoms with van der Waals surface area (Å²) in [7, 11) is 1.55. The van der Waals surface area contributed by atoms with Crippen molar-refractivity contribution in [1.29, 1.82) is 0 Å². The summed E-state index contributed by atoms with van der Waals surface area (Å²) in [5.74, 6) is -0.308. The Morgan fingerprint density at radius 2 is 1.83 bits per heavy atom. The predicted molar refractivity (Wildman–Crippen MR) is 106 cm³/mol. The first-order chi connectivity index (χ1) is 13.9. The molecule has 0 spiro atoms. The fraction of sp³-hybridized carbons (Fsp3) is 0.364. The van der Waals surface area contributed by atoms with Crippen LogP contribution in [0.4, 0.5) is 14.0 Å². The smallest absolute Gasteiger partial charge is 0.407 e. The Bertz CT molecular complexity index is 912. The van der Waals surface area contributed by atoms with Gasteiger partial charge in [-0.3, -0.25) is 0 Å². The lowest BCUT2D eigenvalue weighted by Gasteiger charge is -2.43. The number of nitrogens with zero attached hydrogens (tertiary/aromatic N) is 2. The minimum Gasteiger partial charge on any atom is -0.465 e. The number of fused-ring (bicyclic) bond motifs is 1. The van der Waals surface area contributed by atoms with Gasteiger partial charge < -0.3 is 20.2 Å². The van der Waals surface area contributed by atoms with Gasteiger partial charge in [-0.2, -0.15) is 0 Å². The van der Waals surface area contributed by atoms with Gasteiger partial charge in [0.05, 0.1) is 6.04 Å². The first-order valence-electron chi connectivity index (χ1n) is 9.80. The van der Waals surface area contributed by atoms with E-state index < -0.39 is 6.09 Å². The van der Waals surface area contributed by atoms with Crippen molar-refractivity contribution < 1.29 is 19.1 Å². The zero-order valence-corrected chi connectivity index (χ0v) is 16.2. The van der Waals surface area contributed by atoms with Crippen LogP contribution in [0.3, 0.4) is 0 Å². The highest BCUT2D eigenvalue weighted by Crippen LogP contribution is 2.35. The largest absolute Gasteiger partial charge is 0.465 e. The molecule has 1 heterocycles. The Kier molecular flexibility index (Phi) is 5.13. The first kappa shape index (κ1) is 19.2. The highest BCUT2D eigenvalue weighted by Gasteiger charge is 2.38. The lowest BCUT2D eigenvalue weighted by Crippen LogP contribution is -2.57. The number of hydrogen-bond donors (Lipinski definition) is 2. The monoisotopic (exact) mass is 397 g/mol. The molecule has 152 valence electrons. The number of carbonyl (C=O) groups is 2. The van der Waals surface area contributed by atoms with Crippen LogP contribution in [0, 0.1) is 5.82 Å². The molecule has 1 aliphatic heterocycles. The third-order valence-electron chi connectivity index (χ3n) is 6.02. The van der Waals surface area contributed by atoms with Crippen molar-refractivity contribution in [3.63, 3.8) is 0 Å². The van der Waals surface area contributed by atoms with E-state index in [1.165, 1.54) is 22.6 Å². The SMILES string of the molecule is CN(C(=O)O)[C@H]1C[C@@H](NC(=O)N2CCc3ccccc3[C@@H]2c2ccc(F)cc2)C1. The Morgan fingerprint density at radius 3 is 2.52 bits per heavy atom. The number of nitrogens with one attached hydrogen (secondary N) is 1. The van der Waals surface area contributed by atoms with E-state index in [9.17, 15) is 14.0 Å². The maximum atomic E-state index is 13.5. The van der Waals surface area contributed by atoms with E-state index in [4.69, 9.17) is 5.11 Å². The number of hydrogen-bond acceptors (Lipinski definition) is 2. The summed E-state index contributed by atoms with van der Waals surface area (Å²) in [5, 5.41) is 12.1. The number of carboxylic acid groups (broad SMARTS) is 1. The molecule has 3 amide bonds. The molecule has 4 rings (SSSR count). The second kappa shape index (κ2) is 7.73. The van der Waals surface area contributed by atoms with Crippen molar-refractivity contribution in [3.05, 3.63) is 71.0 Å². The van der Waals surface area contributed by atoms with E-state index in [2.05, 4.69) is 11.4 Å². The van der Waals surface area contributed by atoms with Gasteiger partial charge >= 0.3 is 12.1 Å². The van der Waals surface area contributed by atoms with Gasteiger partial charge in [0.2, 0.25) is 0 Å². The number of benzene rings is 2. The molecule has 2 aromatic rings. The average molecular weight is 397 g/mol. The van der Waals surface area contributed by atoms with Crippen molar-refractivity contribution in [2.75, 3.05) is 13.6 Å². The van der Waals surface area contributed by atoms with Gasteiger partial charge in [-0.25, -0.2) is 14.0 Å². The third-order valence-corrected chi connectivity index (χ3v) is 6.02. The van der Waals surface area contributed by atoms with E-state index in [1.54, 1.807) is 24.1 Å². The highest BCUT2D eigenvalue weighted by molar-refractivity contribution is 5.76. The zero-order valence-electron chi connectivity index (χ0n) is 16.2. The quantitative estimate of drug-likeness (QED) is 0.831. The molecule has 29 heavy (non-hydrogen) atoms. The van der Waals surface area contributed by atoms with Crippen LogP contribution in [0.1, 0.15) is 35.6 Å². The number of carbonyl (C=O) groups excluding carboxylic acids is 1. The second-order valence-corrected chi connectivity index (χ2v) is 7.76. The summed E-state index contributed by atoms with van der Waals surface area (Å²) in [6, 6.07) is 13.8. The molecule has 7 heteroatoms. The van der Waals surface area contributed by atoms with E-state index in [1.807, 2.05) is 18.2 Å². The van der Waals surface area contributed by atoms with Gasteiger partial charge in [0.1, 0.15) is 5.82 Å². The van der Waals surface area contributed by atoms with Crippen LogP contribution in [0.5, 0.6) is 0 Å². The highest BCUT2D eigenvalue weighted by atomic mass is 19.1. The molecule has 2 N–H and O–H groups in total. The first-order valence-corrected chi connectivity index (χ1v) is 9.80. The van der Waals surface area contributed by atoms with Crippen LogP contribution in [0.15, 0.2) is 48.5 Å². The number of urea groups is 1. The van der Waals surface area contributed by atoms with Gasteiger partial charge in [0, 0.05) is 25.7 Å². The Labute approximate surface area is 168 Å². The standard InChI is InChI=1S/C22H24FN3O3/c1-25(22(28)29)18-12-17(13-18)24-21(27)26-11-10-14-4-2-3-5-19(14)20(26)15-6-8-16(23)9-7-15/h2-9,17-18,20H,10-13H2,1H3,(H,24,27)(H,28,29)/t17-,18+,20-/m0/s1. The van der Waals surface area contributed by atoms with Crippen LogP contribution in [0.25, 0.3) is 0 Å². The van der Waals surface area contributed by atoms with E-state index in [0.29, 0.717) is 19.4 Å². The maximum absolute atomic E-state index is 13.5. The summed E-state index contributed by atoms with van der Waals surface area (Å²) in [6.07, 6.45) is 1.03. The minimum atomic E-state index is -0.955. The van der Waals surface area contributed by atoms with Crippen molar-refractivity contribution in [2.45, 2.75) is 37.4 Å². The fourth-order valence-corrected chi connectivity index (χ4v) is 4.23. The normalized spacial score (nSPS) is 23.0. The molecule has 0 aromatic heterocycles. The summed E-state index contributed by atoms with van der Waals surface area (Å²) in [5.41, 5.74) is 3.11. The summed E-state index contributed by atoms with van der Waals surface area (Å²) in [6.45, 7) is 0.566. The number of halogens is 1. The van der Waals surface area contributed by atoms with Crippen molar-refractivity contribution in [2.24, 2.45) is 0 Å². The fourth-order valence-electron chi connectivity index (χ4n) is 4.23.